The van der Waals surface area contributed by atoms with Gasteiger partial charge in [0.25, 0.3) is 10.2 Å². The van der Waals surface area contributed by atoms with Crippen LogP contribution in [0.5, 0.6) is 5.75 Å². The van der Waals surface area contributed by atoms with Crippen LogP contribution in [0.25, 0.3) is 0 Å². The van der Waals surface area contributed by atoms with Gasteiger partial charge in [-0.15, -0.1) is 0 Å². The number of hydrogen-bond donors (Lipinski definition) is 2. The lowest BCUT2D eigenvalue weighted by Gasteiger charge is -2.36. The van der Waals surface area contributed by atoms with Crippen molar-refractivity contribution in [3.63, 3.8) is 0 Å². The number of anilines is 1. The zero-order valence-electron chi connectivity index (χ0n) is 18.7. The second-order valence-corrected chi connectivity index (χ2v) is 10.3. The second kappa shape index (κ2) is 10.8. The number of nitrogens with one attached hydrogen (secondary N) is 2. The molecular formula is C22H28ClFN4O4S. The average Bonchev–Trinajstić information content (AvgIpc) is 2.75. The molecule has 1 fully saturated rings. The van der Waals surface area contributed by atoms with Crippen LogP contribution in [0.15, 0.2) is 42.5 Å². The lowest BCUT2D eigenvalue weighted by molar-refractivity contribution is -0.120. The molecule has 1 heterocycles. The van der Waals surface area contributed by atoms with E-state index in [0.29, 0.717) is 17.9 Å². The summed E-state index contributed by atoms with van der Waals surface area (Å²) in [5, 5.41) is 2.48. The smallest absolute Gasteiger partial charge is 0.280 e. The van der Waals surface area contributed by atoms with Gasteiger partial charge >= 0.3 is 0 Å². The number of ether oxygens (including phenoxy) is 1. The summed E-state index contributed by atoms with van der Waals surface area (Å²) in [5.74, 6) is -0.516. The van der Waals surface area contributed by atoms with Crippen LogP contribution in [0.4, 0.5) is 10.1 Å². The van der Waals surface area contributed by atoms with Gasteiger partial charge in [0.1, 0.15) is 17.6 Å². The fourth-order valence-electron chi connectivity index (χ4n) is 3.52. The highest BCUT2D eigenvalue weighted by Gasteiger charge is 2.40. The predicted octanol–water partition coefficient (Wildman–Crippen LogP) is 3.03. The molecule has 0 aliphatic carbocycles. The Hall–Kier alpha value is -2.24. The van der Waals surface area contributed by atoms with E-state index in [4.69, 9.17) is 16.3 Å². The Morgan fingerprint density at radius 2 is 2.06 bits per heavy atom. The summed E-state index contributed by atoms with van der Waals surface area (Å²) >= 11 is 5.78. The number of rotatable bonds is 8. The maximum Gasteiger partial charge on any atom is 0.280 e. The quantitative estimate of drug-likeness (QED) is 0.546. The van der Waals surface area contributed by atoms with Crippen LogP contribution in [-0.4, -0.2) is 63.9 Å². The van der Waals surface area contributed by atoms with Crippen molar-refractivity contribution in [1.29, 1.82) is 0 Å². The highest BCUT2D eigenvalue weighted by molar-refractivity contribution is 7.87. The van der Waals surface area contributed by atoms with E-state index in [2.05, 4.69) is 14.9 Å². The van der Waals surface area contributed by atoms with Crippen LogP contribution in [-0.2, 0) is 15.0 Å². The Bertz CT molecular complexity index is 1100. The molecule has 0 radical (unpaired) electrons. The Labute approximate surface area is 198 Å². The van der Waals surface area contributed by atoms with Crippen LogP contribution in [0.3, 0.4) is 0 Å². The van der Waals surface area contributed by atoms with E-state index in [-0.39, 0.29) is 17.1 Å². The SMILES string of the molecule is CN(C)CCCOc1cccc([C@H]2C[C@@H](C(=O)Nc3ccc(F)c(Cl)c3)N(C)S(=O)(=O)N2)c1. The van der Waals surface area contributed by atoms with Gasteiger partial charge in [-0.1, -0.05) is 23.7 Å². The van der Waals surface area contributed by atoms with Gasteiger partial charge < -0.3 is 15.0 Å². The van der Waals surface area contributed by atoms with Crippen molar-refractivity contribution in [2.45, 2.75) is 24.9 Å². The molecule has 0 saturated carbocycles. The number of likely N-dealkylation sites (N-methyl/N-ethyl adjacent to an activating group) is 1. The normalized spacial score (nSPS) is 20.5. The van der Waals surface area contributed by atoms with E-state index < -0.39 is 34.0 Å². The number of hydrogen-bond acceptors (Lipinski definition) is 5. The Balaban J connectivity index is 1.74. The third kappa shape index (κ3) is 6.64. The minimum atomic E-state index is -3.91. The monoisotopic (exact) mass is 498 g/mol. The number of benzene rings is 2. The summed E-state index contributed by atoms with van der Waals surface area (Å²) in [4.78, 5) is 15.0. The minimum Gasteiger partial charge on any atom is -0.494 e. The van der Waals surface area contributed by atoms with E-state index >= 15 is 0 Å². The van der Waals surface area contributed by atoms with Crippen molar-refractivity contribution >= 4 is 33.4 Å². The fourth-order valence-corrected chi connectivity index (χ4v) is 4.97. The van der Waals surface area contributed by atoms with E-state index in [1.807, 2.05) is 20.2 Å². The number of amides is 1. The van der Waals surface area contributed by atoms with Crippen molar-refractivity contribution < 1.29 is 22.3 Å². The third-order valence-corrected chi connectivity index (χ3v) is 7.22. The van der Waals surface area contributed by atoms with Crippen molar-refractivity contribution in [3.8, 4) is 5.75 Å². The standard InChI is InChI=1S/C22H28ClFN4O4S/c1-27(2)10-5-11-32-17-7-4-6-15(12-17)20-14-21(28(3)33(30,31)26-20)22(29)25-16-8-9-19(24)18(23)13-16/h4,6-9,12-13,20-21,26H,5,10-11,14H2,1-3H3,(H,25,29)/t20-,21+/m1/s1. The molecule has 2 atom stereocenters. The molecule has 2 N–H and O–H groups in total. The number of nitrogens with zero attached hydrogens (tertiary/aromatic N) is 2. The average molecular weight is 499 g/mol. The van der Waals surface area contributed by atoms with Crippen LogP contribution >= 0.6 is 11.6 Å². The lowest BCUT2D eigenvalue weighted by atomic mass is 9.99. The first-order chi connectivity index (χ1) is 15.6. The van der Waals surface area contributed by atoms with Crippen LogP contribution in [0.2, 0.25) is 5.02 Å². The molecule has 0 spiro atoms. The number of carbonyl (C=O) groups excluding carboxylic acids is 1. The Kier molecular flexibility index (Phi) is 8.30. The summed E-state index contributed by atoms with van der Waals surface area (Å²) in [6.45, 7) is 1.43. The Morgan fingerprint density at radius 3 is 2.76 bits per heavy atom. The maximum atomic E-state index is 13.4. The first-order valence-corrected chi connectivity index (χ1v) is 12.3. The summed E-state index contributed by atoms with van der Waals surface area (Å²) in [6, 6.07) is 9.35. The summed E-state index contributed by atoms with van der Waals surface area (Å²) in [5.41, 5.74) is 0.972. The lowest BCUT2D eigenvalue weighted by Crippen LogP contribution is -2.55. The molecule has 11 heteroatoms. The van der Waals surface area contributed by atoms with E-state index in [0.717, 1.165) is 23.3 Å². The van der Waals surface area contributed by atoms with Gasteiger partial charge in [0.2, 0.25) is 5.91 Å². The highest BCUT2D eigenvalue weighted by atomic mass is 35.5. The molecule has 2 aromatic carbocycles. The molecule has 1 saturated heterocycles. The summed E-state index contributed by atoms with van der Waals surface area (Å²) in [6.07, 6.45) is 1.05. The molecule has 0 bridgehead atoms. The van der Waals surface area contributed by atoms with Crippen LogP contribution < -0.4 is 14.8 Å². The first-order valence-electron chi connectivity index (χ1n) is 10.5. The van der Waals surface area contributed by atoms with Crippen LogP contribution in [0, 0.1) is 5.82 Å². The third-order valence-electron chi connectivity index (χ3n) is 5.34. The molecule has 1 amide bonds. The molecule has 180 valence electrons. The van der Waals surface area contributed by atoms with Crippen molar-refractivity contribution in [1.82, 2.24) is 13.9 Å². The van der Waals surface area contributed by atoms with Gasteiger partial charge in [0, 0.05) is 19.3 Å². The molecular weight excluding hydrogens is 471 g/mol. The van der Waals surface area contributed by atoms with Gasteiger partial charge in [0.15, 0.2) is 0 Å². The molecule has 33 heavy (non-hydrogen) atoms. The van der Waals surface area contributed by atoms with Crippen LogP contribution in [0.1, 0.15) is 24.4 Å². The molecule has 0 aromatic heterocycles. The van der Waals surface area contributed by atoms with E-state index in [1.165, 1.54) is 19.2 Å². The topological polar surface area (TPSA) is 91.0 Å². The van der Waals surface area contributed by atoms with Gasteiger partial charge in [-0.05, 0) is 62.8 Å². The van der Waals surface area contributed by atoms with Crippen molar-refractivity contribution in [2.75, 3.05) is 39.6 Å². The molecule has 8 nitrogen and oxygen atoms in total. The molecule has 1 aliphatic rings. The Morgan fingerprint density at radius 1 is 1.30 bits per heavy atom. The largest absolute Gasteiger partial charge is 0.494 e. The summed E-state index contributed by atoms with van der Waals surface area (Å²) < 4.78 is 48.3. The molecule has 3 rings (SSSR count). The second-order valence-electron chi connectivity index (χ2n) is 8.14. The van der Waals surface area contributed by atoms with Gasteiger partial charge in [-0.3, -0.25) is 4.79 Å². The predicted molar refractivity (Wildman–Crippen MR) is 126 cm³/mol. The van der Waals surface area contributed by atoms with Gasteiger partial charge in [-0.25, -0.2) is 4.39 Å². The minimum absolute atomic E-state index is 0.139. The van der Waals surface area contributed by atoms with Crippen molar-refractivity contribution in [2.24, 2.45) is 0 Å². The summed E-state index contributed by atoms with van der Waals surface area (Å²) in [7, 11) is 1.41. The number of halogens is 2. The maximum absolute atomic E-state index is 13.4. The van der Waals surface area contributed by atoms with Gasteiger partial charge in [-0.2, -0.15) is 17.4 Å². The first kappa shape index (κ1) is 25.4. The zero-order chi connectivity index (χ0) is 24.2. The van der Waals surface area contributed by atoms with E-state index in [1.54, 1.807) is 18.2 Å². The van der Waals surface area contributed by atoms with Gasteiger partial charge in [0.05, 0.1) is 17.7 Å². The highest BCUT2D eigenvalue weighted by Crippen LogP contribution is 2.30. The van der Waals surface area contributed by atoms with Crippen molar-refractivity contribution in [3.05, 3.63) is 58.9 Å². The number of carbonyl (C=O) groups is 1. The molecule has 0 unspecified atom stereocenters. The molecule has 2 aromatic rings. The fraction of sp³-hybridized carbons (Fsp3) is 0.409. The zero-order valence-corrected chi connectivity index (χ0v) is 20.3. The molecule has 1 aliphatic heterocycles. The van der Waals surface area contributed by atoms with E-state index in [9.17, 15) is 17.6 Å².